The number of nitrogens with zero attached hydrogens (tertiary/aromatic N) is 2. The molecule has 0 aromatic carbocycles. The lowest BCUT2D eigenvalue weighted by Gasteiger charge is -2.30. The Morgan fingerprint density at radius 3 is 2.84 bits per heavy atom. The van der Waals surface area contributed by atoms with Crippen LogP contribution in [0.2, 0.25) is 0 Å². The Morgan fingerprint density at radius 2 is 2.26 bits per heavy atom. The van der Waals surface area contributed by atoms with Crippen molar-refractivity contribution in [3.05, 3.63) is 29.5 Å². The van der Waals surface area contributed by atoms with Crippen molar-refractivity contribution < 1.29 is 0 Å². The largest absolute Gasteiger partial charge is 0.384 e. The van der Waals surface area contributed by atoms with Crippen molar-refractivity contribution in [3.63, 3.8) is 0 Å². The molecule has 0 saturated heterocycles. The Balaban J connectivity index is 2.10. The van der Waals surface area contributed by atoms with E-state index in [2.05, 4.69) is 27.6 Å². The topological polar surface area (TPSA) is 90.1 Å². The summed E-state index contributed by atoms with van der Waals surface area (Å²) in [7, 11) is 3.99. The van der Waals surface area contributed by atoms with Crippen LogP contribution in [0.15, 0.2) is 23.9 Å². The third-order valence-electron chi connectivity index (χ3n) is 3.10. The monoisotopic (exact) mass is 260 g/mol. The van der Waals surface area contributed by atoms with E-state index in [-0.39, 0.29) is 0 Å². The van der Waals surface area contributed by atoms with Crippen LogP contribution in [0.1, 0.15) is 5.56 Å². The van der Waals surface area contributed by atoms with Gasteiger partial charge in [0.1, 0.15) is 11.7 Å². The lowest BCUT2D eigenvalue weighted by atomic mass is 9.99. The van der Waals surface area contributed by atoms with Crippen molar-refractivity contribution in [3.8, 4) is 0 Å². The second-order valence-electron chi connectivity index (χ2n) is 4.67. The summed E-state index contributed by atoms with van der Waals surface area (Å²) in [6, 6.07) is 3.69. The van der Waals surface area contributed by atoms with Crippen molar-refractivity contribution >= 4 is 17.4 Å². The first-order valence-corrected chi connectivity index (χ1v) is 6.26. The summed E-state index contributed by atoms with van der Waals surface area (Å²) < 4.78 is 0. The fourth-order valence-electron chi connectivity index (χ4n) is 1.95. The van der Waals surface area contributed by atoms with E-state index in [4.69, 9.17) is 11.1 Å². The molecule has 2 heterocycles. The molecule has 0 spiro atoms. The summed E-state index contributed by atoms with van der Waals surface area (Å²) in [6.45, 7) is 2.64. The van der Waals surface area contributed by atoms with Gasteiger partial charge in [0.25, 0.3) is 0 Å². The molecule has 0 aliphatic carbocycles. The molecule has 1 aromatic heterocycles. The molecule has 1 aromatic rings. The van der Waals surface area contributed by atoms with Gasteiger partial charge in [-0.2, -0.15) is 0 Å². The van der Waals surface area contributed by atoms with Crippen LogP contribution in [-0.2, 0) is 0 Å². The lowest BCUT2D eigenvalue weighted by Crippen LogP contribution is -2.41. The Hall–Kier alpha value is -1.92. The highest BCUT2D eigenvalue weighted by Gasteiger charge is 2.25. The second kappa shape index (κ2) is 5.81. The first-order chi connectivity index (χ1) is 9.11. The molecule has 0 bridgehead atoms. The number of nitrogens with one attached hydrogen (secondary N) is 3. The molecule has 2 rings (SSSR count). The van der Waals surface area contributed by atoms with Crippen molar-refractivity contribution in [1.29, 1.82) is 5.41 Å². The smallest absolute Gasteiger partial charge is 0.129 e. The van der Waals surface area contributed by atoms with Gasteiger partial charge in [0.2, 0.25) is 0 Å². The number of hydrogen-bond acceptors (Lipinski definition) is 5. The van der Waals surface area contributed by atoms with Crippen LogP contribution in [0.25, 0.3) is 5.70 Å². The number of hydrogen-bond donors (Lipinski definition) is 4. The molecule has 1 aliphatic rings. The number of nitrogen functional groups attached to an aromatic ring is 1. The van der Waals surface area contributed by atoms with Crippen LogP contribution < -0.4 is 16.4 Å². The lowest BCUT2D eigenvalue weighted by molar-refractivity contribution is 0.365. The molecule has 5 N–H and O–H groups in total. The molecule has 6 heteroatoms. The van der Waals surface area contributed by atoms with E-state index in [0.29, 0.717) is 11.7 Å². The minimum atomic E-state index is 0.489. The molecule has 6 nitrogen and oxygen atoms in total. The maximum Gasteiger partial charge on any atom is 0.129 e. The third-order valence-corrected chi connectivity index (χ3v) is 3.10. The van der Waals surface area contributed by atoms with Gasteiger partial charge in [0.05, 0.1) is 5.70 Å². The SMILES string of the molecule is CNCCN(C)CC1=C(c2ccc(N)nc2)NC1=N. The molecular formula is C13H20N6. The Morgan fingerprint density at radius 1 is 1.47 bits per heavy atom. The molecule has 0 radical (unpaired) electrons. The van der Waals surface area contributed by atoms with Crippen LogP contribution in [0.4, 0.5) is 5.82 Å². The number of aromatic nitrogens is 1. The standard InChI is InChI=1S/C13H20N6/c1-16-5-6-19(2)8-10-12(18-13(10)15)9-3-4-11(14)17-7-9/h3-4,7,16H,5-6,8H2,1-2H3,(H2,14,17)(H2,15,18). The molecule has 1 aliphatic heterocycles. The van der Waals surface area contributed by atoms with Gasteiger partial charge < -0.3 is 21.3 Å². The van der Waals surface area contributed by atoms with E-state index in [0.717, 1.165) is 36.5 Å². The Kier molecular flexibility index (Phi) is 4.13. The van der Waals surface area contributed by atoms with Gasteiger partial charge in [-0.25, -0.2) is 4.98 Å². The predicted octanol–water partition coefficient (Wildman–Crippen LogP) is 0.107. The van der Waals surface area contributed by atoms with E-state index in [1.165, 1.54) is 0 Å². The van der Waals surface area contributed by atoms with E-state index in [9.17, 15) is 0 Å². The number of amidine groups is 1. The van der Waals surface area contributed by atoms with Crippen LogP contribution in [-0.4, -0.2) is 49.4 Å². The first-order valence-electron chi connectivity index (χ1n) is 6.26. The second-order valence-corrected chi connectivity index (χ2v) is 4.67. The summed E-state index contributed by atoms with van der Waals surface area (Å²) in [5, 5.41) is 14.0. The van der Waals surface area contributed by atoms with E-state index < -0.39 is 0 Å². The Labute approximate surface area is 113 Å². The van der Waals surface area contributed by atoms with Crippen molar-refractivity contribution in [1.82, 2.24) is 20.5 Å². The maximum atomic E-state index is 7.82. The Bertz CT molecular complexity index is 490. The quantitative estimate of drug-likeness (QED) is 0.583. The highest BCUT2D eigenvalue weighted by atomic mass is 15.1. The minimum Gasteiger partial charge on any atom is -0.384 e. The summed E-state index contributed by atoms with van der Waals surface area (Å²) in [5.41, 5.74) is 8.55. The zero-order valence-corrected chi connectivity index (χ0v) is 11.3. The van der Waals surface area contributed by atoms with Crippen molar-refractivity contribution in [2.45, 2.75) is 0 Å². The fraction of sp³-hybridized carbons (Fsp3) is 0.385. The third kappa shape index (κ3) is 3.10. The summed E-state index contributed by atoms with van der Waals surface area (Å²) >= 11 is 0. The summed E-state index contributed by atoms with van der Waals surface area (Å²) in [5.74, 6) is 0.995. The highest BCUT2D eigenvalue weighted by molar-refractivity contribution is 6.15. The number of pyridine rings is 1. The van der Waals surface area contributed by atoms with E-state index in [1.807, 2.05) is 13.1 Å². The van der Waals surface area contributed by atoms with Crippen molar-refractivity contribution in [2.24, 2.45) is 0 Å². The average molecular weight is 260 g/mol. The maximum absolute atomic E-state index is 7.82. The molecular weight excluding hydrogens is 240 g/mol. The fourth-order valence-corrected chi connectivity index (χ4v) is 1.95. The number of rotatable bonds is 6. The average Bonchev–Trinajstić information content (AvgIpc) is 2.41. The molecule has 102 valence electrons. The first kappa shape index (κ1) is 13.5. The molecule has 0 atom stereocenters. The van der Waals surface area contributed by atoms with Gasteiger partial charge in [0.15, 0.2) is 0 Å². The van der Waals surface area contributed by atoms with Crippen LogP contribution >= 0.6 is 0 Å². The van der Waals surface area contributed by atoms with Gasteiger partial charge in [-0.1, -0.05) is 0 Å². The molecule has 0 unspecified atom stereocenters. The zero-order chi connectivity index (χ0) is 13.8. The zero-order valence-electron chi connectivity index (χ0n) is 11.3. The normalized spacial score (nSPS) is 14.6. The van der Waals surface area contributed by atoms with Gasteiger partial charge in [-0.3, -0.25) is 5.41 Å². The van der Waals surface area contributed by atoms with E-state index >= 15 is 0 Å². The van der Waals surface area contributed by atoms with Gasteiger partial charge in [-0.05, 0) is 26.2 Å². The molecule has 0 fully saturated rings. The summed E-state index contributed by atoms with van der Waals surface area (Å²) in [6.07, 6.45) is 1.73. The van der Waals surface area contributed by atoms with Gasteiger partial charge in [0, 0.05) is 37.0 Å². The predicted molar refractivity (Wildman–Crippen MR) is 77.9 cm³/mol. The van der Waals surface area contributed by atoms with Crippen molar-refractivity contribution in [2.75, 3.05) is 39.5 Å². The summed E-state index contributed by atoms with van der Waals surface area (Å²) in [4.78, 5) is 6.27. The van der Waals surface area contributed by atoms with Crippen LogP contribution in [0, 0.1) is 5.41 Å². The highest BCUT2D eigenvalue weighted by Crippen LogP contribution is 2.24. The van der Waals surface area contributed by atoms with Crippen LogP contribution in [0.3, 0.4) is 0 Å². The van der Waals surface area contributed by atoms with Gasteiger partial charge in [-0.15, -0.1) is 0 Å². The number of anilines is 1. The molecule has 0 amide bonds. The number of nitrogens with two attached hydrogens (primary N) is 1. The number of likely N-dealkylation sites (N-methyl/N-ethyl adjacent to an activating group) is 2. The van der Waals surface area contributed by atoms with Gasteiger partial charge >= 0.3 is 0 Å². The molecule has 0 saturated carbocycles. The molecule has 19 heavy (non-hydrogen) atoms. The van der Waals surface area contributed by atoms with Crippen LogP contribution in [0.5, 0.6) is 0 Å². The van der Waals surface area contributed by atoms with E-state index in [1.54, 1.807) is 12.3 Å². The minimum absolute atomic E-state index is 0.489.